The van der Waals surface area contributed by atoms with E-state index < -0.39 is 0 Å². The van der Waals surface area contributed by atoms with Crippen molar-refractivity contribution < 1.29 is 0 Å². The summed E-state index contributed by atoms with van der Waals surface area (Å²) in [7, 11) is 0. The minimum atomic E-state index is 1.32. The predicted molar refractivity (Wildman–Crippen MR) is 85.6 cm³/mol. The molecule has 0 heteroatoms. The summed E-state index contributed by atoms with van der Waals surface area (Å²) in [6, 6.07) is 0. The van der Waals surface area contributed by atoms with Crippen LogP contribution in [0.15, 0.2) is 45.6 Å². The van der Waals surface area contributed by atoms with Crippen molar-refractivity contribution in [1.29, 1.82) is 0 Å². The Morgan fingerprint density at radius 2 is 1.05 bits per heavy atom. The fourth-order valence-corrected chi connectivity index (χ4v) is 4.52. The molecule has 4 aliphatic carbocycles. The average molecular weight is 266 g/mol. The molecule has 0 saturated carbocycles. The van der Waals surface area contributed by atoms with Gasteiger partial charge in [0.1, 0.15) is 0 Å². The molecule has 0 aliphatic heterocycles. The van der Waals surface area contributed by atoms with E-state index in [1.807, 2.05) is 0 Å². The Bertz CT molecular complexity index is 486. The van der Waals surface area contributed by atoms with Crippen LogP contribution >= 0.6 is 0 Å². The third kappa shape index (κ3) is 2.45. The van der Waals surface area contributed by atoms with Gasteiger partial charge in [0.05, 0.1) is 0 Å². The topological polar surface area (TPSA) is 0 Å². The van der Waals surface area contributed by atoms with Crippen LogP contribution in [0.25, 0.3) is 0 Å². The van der Waals surface area contributed by atoms with Crippen LogP contribution in [0, 0.1) is 0 Å². The lowest BCUT2D eigenvalue weighted by Crippen LogP contribution is -1.94. The Balaban J connectivity index is 1.32. The second-order valence-electron chi connectivity index (χ2n) is 7.13. The summed E-state index contributed by atoms with van der Waals surface area (Å²) in [5, 5.41) is 0. The lowest BCUT2D eigenvalue weighted by Gasteiger charge is -2.13. The monoisotopic (exact) mass is 266 g/mol. The van der Waals surface area contributed by atoms with Crippen LogP contribution in [-0.2, 0) is 0 Å². The molecule has 0 nitrogen and oxygen atoms in total. The molecule has 0 unspecified atom stereocenters. The highest BCUT2D eigenvalue weighted by atomic mass is 14.3. The van der Waals surface area contributed by atoms with Crippen molar-refractivity contribution in [2.75, 3.05) is 0 Å². The van der Waals surface area contributed by atoms with Crippen molar-refractivity contribution in [3.05, 3.63) is 45.6 Å². The first-order valence-corrected chi connectivity index (χ1v) is 8.69. The van der Waals surface area contributed by atoms with E-state index in [9.17, 15) is 0 Å². The Kier molecular flexibility index (Phi) is 3.42. The van der Waals surface area contributed by atoms with Crippen molar-refractivity contribution in [2.45, 2.75) is 77.0 Å². The molecule has 0 N–H and O–H groups in total. The molecule has 0 amide bonds. The van der Waals surface area contributed by atoms with E-state index in [0.717, 1.165) is 0 Å². The van der Waals surface area contributed by atoms with Crippen molar-refractivity contribution >= 4 is 0 Å². The van der Waals surface area contributed by atoms with Gasteiger partial charge in [-0.05, 0) is 88.2 Å². The SMILES string of the molecule is C1=C(CCC2=CC3=C(CCCC3)C2)CC2=C1CCCC2. The van der Waals surface area contributed by atoms with E-state index >= 15 is 0 Å². The molecule has 0 saturated heterocycles. The molecule has 0 heterocycles. The minimum Gasteiger partial charge on any atom is -0.0656 e. The van der Waals surface area contributed by atoms with Crippen molar-refractivity contribution in [3.8, 4) is 0 Å². The first-order valence-electron chi connectivity index (χ1n) is 8.69. The van der Waals surface area contributed by atoms with Crippen LogP contribution in [-0.4, -0.2) is 0 Å². The maximum absolute atomic E-state index is 2.55. The van der Waals surface area contributed by atoms with Crippen LogP contribution in [0.3, 0.4) is 0 Å². The first kappa shape index (κ1) is 12.7. The summed E-state index contributed by atoms with van der Waals surface area (Å²) in [6.07, 6.45) is 21.6. The number of hydrogen-bond acceptors (Lipinski definition) is 0. The molecule has 0 aromatic rings. The van der Waals surface area contributed by atoms with Crippen molar-refractivity contribution in [2.24, 2.45) is 0 Å². The Morgan fingerprint density at radius 1 is 0.600 bits per heavy atom. The van der Waals surface area contributed by atoms with E-state index in [0.29, 0.717) is 0 Å². The van der Waals surface area contributed by atoms with Gasteiger partial charge >= 0.3 is 0 Å². The summed E-state index contributed by atoms with van der Waals surface area (Å²) in [6.45, 7) is 0. The van der Waals surface area contributed by atoms with Gasteiger partial charge in [-0.3, -0.25) is 0 Å². The minimum absolute atomic E-state index is 1.32. The molecule has 0 radical (unpaired) electrons. The third-order valence-electron chi connectivity index (χ3n) is 5.66. The zero-order valence-electron chi connectivity index (χ0n) is 12.6. The van der Waals surface area contributed by atoms with Crippen molar-refractivity contribution in [1.82, 2.24) is 0 Å². The van der Waals surface area contributed by atoms with E-state index in [1.54, 1.807) is 33.4 Å². The standard InChI is InChI=1S/C20H26/c1-2-6-18-12-15(11-17(18)5-1)9-10-16-13-19-7-3-4-8-20(19)14-16/h11,13H,1-10,12,14H2. The zero-order chi connectivity index (χ0) is 13.4. The Labute approximate surface area is 123 Å². The predicted octanol–water partition coefficient (Wildman–Crippen LogP) is 6.17. The Hall–Kier alpha value is -1.04. The van der Waals surface area contributed by atoms with Gasteiger partial charge in [0.25, 0.3) is 0 Å². The van der Waals surface area contributed by atoms with E-state index in [2.05, 4.69) is 12.2 Å². The summed E-state index contributed by atoms with van der Waals surface area (Å²) in [5.41, 5.74) is 10.4. The molecule has 0 aromatic carbocycles. The third-order valence-corrected chi connectivity index (χ3v) is 5.66. The number of rotatable bonds is 3. The summed E-state index contributed by atoms with van der Waals surface area (Å²) in [4.78, 5) is 0. The highest BCUT2D eigenvalue weighted by Crippen LogP contribution is 2.40. The van der Waals surface area contributed by atoms with Crippen LogP contribution in [0.1, 0.15) is 77.0 Å². The lowest BCUT2D eigenvalue weighted by atomic mass is 9.93. The molecule has 20 heavy (non-hydrogen) atoms. The smallest absolute Gasteiger partial charge is 0.00993 e. The van der Waals surface area contributed by atoms with Gasteiger partial charge in [-0.2, -0.15) is 0 Å². The molecule has 0 atom stereocenters. The second-order valence-corrected chi connectivity index (χ2v) is 7.13. The number of hydrogen-bond donors (Lipinski definition) is 0. The summed E-state index contributed by atoms with van der Waals surface area (Å²) >= 11 is 0. The fraction of sp³-hybridized carbons (Fsp3) is 0.600. The quantitative estimate of drug-likeness (QED) is 0.573. The Morgan fingerprint density at radius 3 is 1.50 bits per heavy atom. The summed E-state index contributed by atoms with van der Waals surface area (Å²) in [5.74, 6) is 0. The molecule has 4 aliphatic rings. The maximum Gasteiger partial charge on any atom is -0.00993 e. The van der Waals surface area contributed by atoms with Crippen LogP contribution in [0.5, 0.6) is 0 Å². The van der Waals surface area contributed by atoms with Gasteiger partial charge in [0.2, 0.25) is 0 Å². The van der Waals surface area contributed by atoms with E-state index in [1.165, 1.54) is 77.0 Å². The lowest BCUT2D eigenvalue weighted by molar-refractivity contribution is 0.675. The van der Waals surface area contributed by atoms with Gasteiger partial charge in [0.15, 0.2) is 0 Å². The molecule has 0 fully saturated rings. The molecular weight excluding hydrogens is 240 g/mol. The van der Waals surface area contributed by atoms with Crippen molar-refractivity contribution in [3.63, 3.8) is 0 Å². The van der Waals surface area contributed by atoms with Crippen LogP contribution in [0.4, 0.5) is 0 Å². The van der Waals surface area contributed by atoms with Gasteiger partial charge < -0.3 is 0 Å². The normalized spacial score (nSPS) is 25.6. The fourth-order valence-electron chi connectivity index (χ4n) is 4.52. The maximum atomic E-state index is 2.55. The van der Waals surface area contributed by atoms with Gasteiger partial charge in [-0.25, -0.2) is 0 Å². The van der Waals surface area contributed by atoms with E-state index in [4.69, 9.17) is 0 Å². The molecule has 0 spiro atoms. The molecule has 0 aromatic heterocycles. The van der Waals surface area contributed by atoms with Crippen LogP contribution in [0.2, 0.25) is 0 Å². The number of allylic oxidation sites excluding steroid dienone is 8. The molecular formula is C20H26. The van der Waals surface area contributed by atoms with Gasteiger partial charge in [0, 0.05) is 0 Å². The second kappa shape index (κ2) is 5.39. The van der Waals surface area contributed by atoms with Gasteiger partial charge in [-0.1, -0.05) is 34.4 Å². The highest BCUT2D eigenvalue weighted by molar-refractivity contribution is 5.43. The molecule has 106 valence electrons. The summed E-state index contributed by atoms with van der Waals surface area (Å²) < 4.78 is 0. The highest BCUT2D eigenvalue weighted by Gasteiger charge is 2.21. The molecule has 4 rings (SSSR count). The van der Waals surface area contributed by atoms with Crippen LogP contribution < -0.4 is 0 Å². The van der Waals surface area contributed by atoms with Gasteiger partial charge in [-0.15, -0.1) is 0 Å². The zero-order valence-corrected chi connectivity index (χ0v) is 12.6. The van der Waals surface area contributed by atoms with E-state index in [-0.39, 0.29) is 0 Å². The average Bonchev–Trinajstić information content (AvgIpc) is 3.07. The first-order chi connectivity index (χ1) is 9.88. The largest absolute Gasteiger partial charge is 0.0656 e. The molecule has 0 bridgehead atoms.